The van der Waals surface area contributed by atoms with Gasteiger partial charge in [-0.25, -0.2) is 4.99 Å². The molecule has 0 radical (unpaired) electrons. The molecule has 1 saturated heterocycles. The molecule has 1 aliphatic rings. The lowest BCUT2D eigenvalue weighted by molar-refractivity contribution is 0.391. The molecule has 0 bridgehead atoms. The number of hydrogen-bond donors (Lipinski definition) is 4. The van der Waals surface area contributed by atoms with Gasteiger partial charge in [0, 0.05) is 11.6 Å². The molecule has 1 heterocycles. The highest BCUT2D eigenvalue weighted by molar-refractivity contribution is 5.79. The molecule has 1 fully saturated rings. The SMILES string of the molecule is COc1ccc(CN=C2NNNN2)c(OC)c1. The summed E-state index contributed by atoms with van der Waals surface area (Å²) in [5.41, 5.74) is 11.9. The Hall–Kier alpha value is -1.99. The number of ether oxygens (including phenoxy) is 2. The van der Waals surface area contributed by atoms with Crippen LogP contribution in [0.15, 0.2) is 23.2 Å². The van der Waals surface area contributed by atoms with Gasteiger partial charge in [0.05, 0.1) is 20.8 Å². The molecule has 1 aromatic rings. The molecule has 1 aromatic carbocycles. The van der Waals surface area contributed by atoms with Crippen LogP contribution < -0.4 is 31.4 Å². The molecule has 0 saturated carbocycles. The van der Waals surface area contributed by atoms with E-state index in [1.54, 1.807) is 14.2 Å². The van der Waals surface area contributed by atoms with Crippen molar-refractivity contribution in [3.05, 3.63) is 23.8 Å². The third kappa shape index (κ3) is 2.77. The summed E-state index contributed by atoms with van der Waals surface area (Å²) in [5, 5.41) is 0. The number of benzene rings is 1. The molecule has 17 heavy (non-hydrogen) atoms. The maximum Gasteiger partial charge on any atom is 0.223 e. The van der Waals surface area contributed by atoms with E-state index >= 15 is 0 Å². The molecule has 0 atom stereocenters. The van der Waals surface area contributed by atoms with Gasteiger partial charge >= 0.3 is 0 Å². The van der Waals surface area contributed by atoms with Gasteiger partial charge < -0.3 is 9.47 Å². The van der Waals surface area contributed by atoms with Gasteiger partial charge in [-0.2, -0.15) is 11.1 Å². The second kappa shape index (κ2) is 5.37. The van der Waals surface area contributed by atoms with E-state index in [2.05, 4.69) is 26.9 Å². The fourth-order valence-corrected chi connectivity index (χ4v) is 1.44. The van der Waals surface area contributed by atoms with Crippen molar-refractivity contribution >= 4 is 5.96 Å². The van der Waals surface area contributed by atoms with Crippen molar-refractivity contribution in [2.24, 2.45) is 4.99 Å². The number of methoxy groups -OCH3 is 2. The Morgan fingerprint density at radius 3 is 2.53 bits per heavy atom. The zero-order valence-electron chi connectivity index (χ0n) is 9.70. The smallest absolute Gasteiger partial charge is 0.223 e. The molecule has 92 valence electrons. The Labute approximate surface area is 99.1 Å². The predicted octanol–water partition coefficient (Wildman–Crippen LogP) is -0.323. The lowest BCUT2D eigenvalue weighted by Gasteiger charge is -2.08. The Bertz CT molecular complexity index is 413. The van der Waals surface area contributed by atoms with Crippen LogP contribution in [-0.4, -0.2) is 20.2 Å². The van der Waals surface area contributed by atoms with Gasteiger partial charge in [0.25, 0.3) is 0 Å². The van der Waals surface area contributed by atoms with Gasteiger partial charge in [-0.1, -0.05) is 0 Å². The maximum absolute atomic E-state index is 5.28. The first-order valence-corrected chi connectivity index (χ1v) is 5.11. The number of hydrazine groups is 3. The largest absolute Gasteiger partial charge is 0.497 e. The lowest BCUT2D eigenvalue weighted by atomic mass is 10.2. The summed E-state index contributed by atoms with van der Waals surface area (Å²) in [6.45, 7) is 0.506. The van der Waals surface area contributed by atoms with Crippen LogP contribution in [0.5, 0.6) is 11.5 Å². The zero-order valence-corrected chi connectivity index (χ0v) is 9.70. The number of nitrogens with zero attached hydrogens (tertiary/aromatic N) is 1. The minimum absolute atomic E-state index is 0.506. The van der Waals surface area contributed by atoms with E-state index in [0.29, 0.717) is 12.5 Å². The third-order valence-corrected chi connectivity index (χ3v) is 2.33. The Morgan fingerprint density at radius 2 is 1.88 bits per heavy atom. The molecule has 2 rings (SSSR count). The Balaban J connectivity index is 2.11. The van der Waals surface area contributed by atoms with E-state index in [4.69, 9.17) is 9.47 Å². The molecule has 0 aromatic heterocycles. The highest BCUT2D eigenvalue weighted by Gasteiger charge is 2.07. The molecule has 0 spiro atoms. The van der Waals surface area contributed by atoms with Crippen LogP contribution in [0.3, 0.4) is 0 Å². The second-order valence-electron chi connectivity index (χ2n) is 3.34. The normalized spacial score (nSPS) is 13.9. The van der Waals surface area contributed by atoms with Crippen molar-refractivity contribution < 1.29 is 9.47 Å². The van der Waals surface area contributed by atoms with Crippen LogP contribution in [0, 0.1) is 0 Å². The fraction of sp³-hybridized carbons (Fsp3) is 0.300. The van der Waals surface area contributed by atoms with Crippen molar-refractivity contribution in [2.75, 3.05) is 14.2 Å². The predicted molar refractivity (Wildman–Crippen MR) is 63.2 cm³/mol. The minimum atomic E-state index is 0.506. The summed E-state index contributed by atoms with van der Waals surface area (Å²) < 4.78 is 10.4. The maximum atomic E-state index is 5.28. The van der Waals surface area contributed by atoms with E-state index in [9.17, 15) is 0 Å². The monoisotopic (exact) mass is 237 g/mol. The van der Waals surface area contributed by atoms with Gasteiger partial charge in [0.1, 0.15) is 11.5 Å². The Morgan fingerprint density at radius 1 is 1.12 bits per heavy atom. The lowest BCUT2D eigenvalue weighted by Crippen LogP contribution is -2.33. The molecule has 7 heteroatoms. The quantitative estimate of drug-likeness (QED) is 0.574. The summed E-state index contributed by atoms with van der Waals surface area (Å²) in [6.07, 6.45) is 0. The van der Waals surface area contributed by atoms with Gasteiger partial charge in [-0.3, -0.25) is 10.9 Å². The van der Waals surface area contributed by atoms with Crippen LogP contribution in [-0.2, 0) is 6.54 Å². The van der Waals surface area contributed by atoms with Crippen LogP contribution in [0.2, 0.25) is 0 Å². The number of nitrogens with one attached hydrogen (secondary N) is 4. The first-order valence-electron chi connectivity index (χ1n) is 5.11. The molecule has 7 nitrogen and oxygen atoms in total. The van der Waals surface area contributed by atoms with Gasteiger partial charge in [0.2, 0.25) is 5.96 Å². The number of hydrogen-bond acceptors (Lipinski definition) is 5. The highest BCUT2D eigenvalue weighted by atomic mass is 16.5. The van der Waals surface area contributed by atoms with Gasteiger partial charge in [0.15, 0.2) is 0 Å². The van der Waals surface area contributed by atoms with E-state index in [1.807, 2.05) is 18.2 Å². The van der Waals surface area contributed by atoms with Crippen molar-refractivity contribution in [1.82, 2.24) is 21.9 Å². The van der Waals surface area contributed by atoms with Crippen LogP contribution >= 0.6 is 0 Å². The van der Waals surface area contributed by atoms with E-state index < -0.39 is 0 Å². The molecular weight excluding hydrogens is 222 g/mol. The second-order valence-corrected chi connectivity index (χ2v) is 3.34. The average Bonchev–Trinajstić information content (AvgIpc) is 2.89. The minimum Gasteiger partial charge on any atom is -0.497 e. The molecule has 0 aliphatic carbocycles. The van der Waals surface area contributed by atoms with Crippen LogP contribution in [0.1, 0.15) is 5.56 Å². The van der Waals surface area contributed by atoms with E-state index in [0.717, 1.165) is 17.1 Å². The fourth-order valence-electron chi connectivity index (χ4n) is 1.44. The standard InChI is InChI=1S/C10H15N5O2/c1-16-8-4-3-7(9(5-8)17-2)6-11-10-12-14-15-13-10/h3-5,14-15H,6H2,1-2H3,(H2,11,12,13). The first-order chi connectivity index (χ1) is 8.33. The van der Waals surface area contributed by atoms with E-state index in [-0.39, 0.29) is 0 Å². The number of guanidine groups is 1. The molecule has 4 N–H and O–H groups in total. The van der Waals surface area contributed by atoms with Gasteiger partial charge in [-0.15, -0.1) is 0 Å². The topological polar surface area (TPSA) is 78.9 Å². The van der Waals surface area contributed by atoms with Crippen molar-refractivity contribution in [2.45, 2.75) is 6.54 Å². The van der Waals surface area contributed by atoms with Crippen LogP contribution in [0.4, 0.5) is 0 Å². The average molecular weight is 237 g/mol. The molecule has 0 amide bonds. The molecule has 0 unspecified atom stereocenters. The summed E-state index contributed by atoms with van der Waals surface area (Å²) in [6, 6.07) is 5.64. The third-order valence-electron chi connectivity index (χ3n) is 2.33. The summed E-state index contributed by atoms with van der Waals surface area (Å²) in [7, 11) is 3.25. The van der Waals surface area contributed by atoms with Crippen molar-refractivity contribution in [1.29, 1.82) is 0 Å². The first kappa shape index (κ1) is 11.5. The number of aliphatic imine (C=N–C) groups is 1. The summed E-state index contributed by atoms with van der Waals surface area (Å²) in [4.78, 5) is 4.31. The molecule has 1 aliphatic heterocycles. The summed E-state index contributed by atoms with van der Waals surface area (Å²) in [5.74, 6) is 2.15. The number of rotatable bonds is 4. The highest BCUT2D eigenvalue weighted by Crippen LogP contribution is 2.24. The Kier molecular flexibility index (Phi) is 3.63. The zero-order chi connectivity index (χ0) is 12.1. The summed E-state index contributed by atoms with van der Waals surface area (Å²) >= 11 is 0. The van der Waals surface area contributed by atoms with Crippen LogP contribution in [0.25, 0.3) is 0 Å². The van der Waals surface area contributed by atoms with Gasteiger partial charge in [-0.05, 0) is 12.1 Å². The van der Waals surface area contributed by atoms with Crippen molar-refractivity contribution in [3.63, 3.8) is 0 Å². The van der Waals surface area contributed by atoms with Crippen molar-refractivity contribution in [3.8, 4) is 11.5 Å². The molecular formula is C10H15N5O2. The van der Waals surface area contributed by atoms with E-state index in [1.165, 1.54) is 0 Å².